The molecule has 5 rings (SSSR count). The van der Waals surface area contributed by atoms with E-state index < -0.39 is 41.5 Å². The minimum absolute atomic E-state index is 0.0403. The van der Waals surface area contributed by atoms with Crippen LogP contribution in [0.15, 0.2) is 52.1 Å². The van der Waals surface area contributed by atoms with Gasteiger partial charge in [0, 0.05) is 12.1 Å². The standard InChI is InChI=1S/C30H35FN4O5/c1-40-29(38)27(19-10-4-2-5-11-19)33-26(36)18-34-28(37)22-16-23(31)24(32-20-12-6-3-7-13-20)17-25(22)35(30(34)39)21-14-8-9-15-21/h2,4-5,10-11,16-17,20-21,27,32H,3,6-9,12-15,18H2,1H3,(H,33,36). The van der Waals surface area contributed by atoms with Crippen molar-refractivity contribution in [3.05, 3.63) is 74.7 Å². The Kier molecular flexibility index (Phi) is 8.32. The van der Waals surface area contributed by atoms with E-state index in [9.17, 15) is 19.2 Å². The average Bonchev–Trinajstić information content (AvgIpc) is 3.50. The number of anilines is 1. The van der Waals surface area contributed by atoms with Gasteiger partial charge in [0.2, 0.25) is 5.91 Å². The third-order valence-electron chi connectivity index (χ3n) is 8.09. The highest BCUT2D eigenvalue weighted by Crippen LogP contribution is 2.32. The fourth-order valence-corrected chi connectivity index (χ4v) is 6.02. The quantitative estimate of drug-likeness (QED) is 0.407. The first-order valence-corrected chi connectivity index (χ1v) is 14.0. The summed E-state index contributed by atoms with van der Waals surface area (Å²) in [5.74, 6) is -1.97. The highest BCUT2D eigenvalue weighted by molar-refractivity contribution is 5.86. The average molecular weight is 551 g/mol. The van der Waals surface area contributed by atoms with Gasteiger partial charge in [0.25, 0.3) is 5.56 Å². The minimum atomic E-state index is -1.11. The first-order valence-electron chi connectivity index (χ1n) is 14.0. The predicted octanol–water partition coefficient (Wildman–Crippen LogP) is 4.19. The van der Waals surface area contributed by atoms with Crippen molar-refractivity contribution in [1.29, 1.82) is 0 Å². The topological polar surface area (TPSA) is 111 Å². The van der Waals surface area contributed by atoms with Crippen LogP contribution in [-0.4, -0.2) is 34.2 Å². The van der Waals surface area contributed by atoms with Crippen molar-refractivity contribution >= 4 is 28.5 Å². The van der Waals surface area contributed by atoms with Crippen LogP contribution in [0.3, 0.4) is 0 Å². The zero-order valence-corrected chi connectivity index (χ0v) is 22.7. The molecule has 10 heteroatoms. The van der Waals surface area contributed by atoms with E-state index in [0.29, 0.717) is 11.1 Å². The van der Waals surface area contributed by atoms with Crippen LogP contribution in [0.1, 0.15) is 75.4 Å². The van der Waals surface area contributed by atoms with Gasteiger partial charge in [0.05, 0.1) is 23.7 Å². The van der Waals surface area contributed by atoms with Crippen molar-refractivity contribution < 1.29 is 18.7 Å². The molecule has 2 N–H and O–H groups in total. The molecule has 1 atom stereocenters. The van der Waals surface area contributed by atoms with Crippen molar-refractivity contribution in [1.82, 2.24) is 14.5 Å². The molecule has 1 amide bonds. The third kappa shape index (κ3) is 5.66. The summed E-state index contributed by atoms with van der Waals surface area (Å²) in [6, 6.07) is 10.2. The summed E-state index contributed by atoms with van der Waals surface area (Å²) in [4.78, 5) is 52.9. The molecule has 212 valence electrons. The van der Waals surface area contributed by atoms with Gasteiger partial charge in [-0.15, -0.1) is 0 Å². The Labute approximate surface area is 231 Å². The van der Waals surface area contributed by atoms with Crippen molar-refractivity contribution in [2.24, 2.45) is 0 Å². The summed E-state index contributed by atoms with van der Waals surface area (Å²) in [7, 11) is 1.21. The molecule has 1 heterocycles. The Morgan fingerprint density at radius 2 is 1.68 bits per heavy atom. The van der Waals surface area contributed by atoms with Crippen LogP contribution in [0.25, 0.3) is 10.9 Å². The van der Waals surface area contributed by atoms with E-state index >= 15 is 4.39 Å². The molecule has 1 aromatic heterocycles. The summed E-state index contributed by atoms with van der Waals surface area (Å²) in [6.45, 7) is -0.621. The number of nitrogens with one attached hydrogen (secondary N) is 2. The Bertz CT molecular complexity index is 1500. The lowest BCUT2D eigenvalue weighted by molar-refractivity contribution is -0.145. The predicted molar refractivity (Wildman–Crippen MR) is 150 cm³/mol. The summed E-state index contributed by atoms with van der Waals surface area (Å²) >= 11 is 0. The number of methoxy groups -OCH3 is 1. The molecule has 2 saturated carbocycles. The SMILES string of the molecule is COC(=O)C(NC(=O)Cn1c(=O)c2cc(F)c(NC3CCCCC3)cc2n(C2CCCC2)c1=O)c1ccccc1. The number of fused-ring (bicyclic) bond motifs is 1. The highest BCUT2D eigenvalue weighted by Gasteiger charge is 2.27. The van der Waals surface area contributed by atoms with Crippen molar-refractivity contribution in [2.45, 2.75) is 82.5 Å². The van der Waals surface area contributed by atoms with Crippen LogP contribution >= 0.6 is 0 Å². The van der Waals surface area contributed by atoms with Gasteiger partial charge in [0.15, 0.2) is 6.04 Å². The summed E-state index contributed by atoms with van der Waals surface area (Å²) in [5.41, 5.74) is -0.220. The zero-order valence-electron chi connectivity index (χ0n) is 22.7. The lowest BCUT2D eigenvalue weighted by atomic mass is 9.95. The number of carbonyl (C=O) groups excluding carboxylic acids is 2. The number of hydrogen-bond donors (Lipinski definition) is 2. The van der Waals surface area contributed by atoms with E-state index in [1.54, 1.807) is 41.0 Å². The van der Waals surface area contributed by atoms with Crippen LogP contribution in [0.5, 0.6) is 0 Å². The van der Waals surface area contributed by atoms with Crippen molar-refractivity contribution in [3.8, 4) is 0 Å². The fourth-order valence-electron chi connectivity index (χ4n) is 6.02. The number of ether oxygens (including phenoxy) is 1. The number of amides is 1. The molecule has 2 aromatic carbocycles. The molecule has 40 heavy (non-hydrogen) atoms. The molecule has 0 aliphatic heterocycles. The Balaban J connectivity index is 1.53. The summed E-state index contributed by atoms with van der Waals surface area (Å²) in [6.07, 6.45) is 8.58. The van der Waals surface area contributed by atoms with Gasteiger partial charge in [-0.05, 0) is 43.4 Å². The van der Waals surface area contributed by atoms with Crippen LogP contribution in [0, 0.1) is 5.82 Å². The fraction of sp³-hybridized carbons (Fsp3) is 0.467. The molecule has 2 aliphatic carbocycles. The lowest BCUT2D eigenvalue weighted by Gasteiger charge is -2.25. The molecule has 1 unspecified atom stereocenters. The molecular weight excluding hydrogens is 515 g/mol. The van der Waals surface area contributed by atoms with Crippen LogP contribution in [0.4, 0.5) is 10.1 Å². The van der Waals surface area contributed by atoms with Gasteiger partial charge in [-0.1, -0.05) is 62.4 Å². The number of nitrogens with zero attached hydrogens (tertiary/aromatic N) is 2. The maximum atomic E-state index is 15.3. The van der Waals surface area contributed by atoms with Crippen molar-refractivity contribution in [3.63, 3.8) is 0 Å². The number of benzene rings is 2. The van der Waals surface area contributed by atoms with Gasteiger partial charge >= 0.3 is 11.7 Å². The van der Waals surface area contributed by atoms with E-state index in [0.717, 1.165) is 55.9 Å². The number of rotatable bonds is 8. The normalized spacial score (nSPS) is 17.1. The van der Waals surface area contributed by atoms with Crippen LogP contribution < -0.4 is 21.9 Å². The molecule has 2 fully saturated rings. The van der Waals surface area contributed by atoms with Gasteiger partial charge < -0.3 is 15.4 Å². The Hall–Kier alpha value is -3.95. The molecule has 0 bridgehead atoms. The molecule has 2 aliphatic rings. The highest BCUT2D eigenvalue weighted by atomic mass is 19.1. The van der Waals surface area contributed by atoms with Crippen LogP contribution in [-0.2, 0) is 20.9 Å². The largest absolute Gasteiger partial charge is 0.467 e. The van der Waals surface area contributed by atoms with E-state index in [1.165, 1.54) is 19.6 Å². The van der Waals surface area contributed by atoms with Crippen LogP contribution in [0.2, 0.25) is 0 Å². The monoisotopic (exact) mass is 550 g/mol. The molecule has 0 spiro atoms. The molecule has 9 nitrogen and oxygen atoms in total. The Morgan fingerprint density at radius 3 is 2.35 bits per heavy atom. The zero-order chi connectivity index (χ0) is 28.2. The molecule has 0 radical (unpaired) electrons. The van der Waals surface area contributed by atoms with E-state index in [1.807, 2.05) is 0 Å². The lowest BCUT2D eigenvalue weighted by Crippen LogP contribution is -2.46. The number of halogens is 1. The van der Waals surface area contributed by atoms with Gasteiger partial charge in [-0.3, -0.25) is 18.7 Å². The molecule has 0 saturated heterocycles. The first kappa shape index (κ1) is 27.6. The van der Waals surface area contributed by atoms with E-state index in [4.69, 9.17) is 4.74 Å². The van der Waals surface area contributed by atoms with Gasteiger partial charge in [0.1, 0.15) is 12.4 Å². The number of hydrogen-bond acceptors (Lipinski definition) is 6. The smallest absolute Gasteiger partial charge is 0.333 e. The Morgan fingerprint density at radius 1 is 1.00 bits per heavy atom. The third-order valence-corrected chi connectivity index (χ3v) is 8.09. The summed E-state index contributed by atoms with van der Waals surface area (Å²) in [5, 5.41) is 5.92. The number of esters is 1. The first-order chi connectivity index (χ1) is 19.4. The molecule has 3 aromatic rings. The maximum absolute atomic E-state index is 15.3. The molecular formula is C30H35FN4O5. The number of carbonyl (C=O) groups is 2. The van der Waals surface area contributed by atoms with Gasteiger partial charge in [-0.25, -0.2) is 14.0 Å². The maximum Gasteiger partial charge on any atom is 0.333 e. The van der Waals surface area contributed by atoms with Crippen molar-refractivity contribution in [2.75, 3.05) is 12.4 Å². The number of aromatic nitrogens is 2. The minimum Gasteiger partial charge on any atom is -0.467 e. The summed E-state index contributed by atoms with van der Waals surface area (Å²) < 4.78 is 22.6. The second-order valence-corrected chi connectivity index (χ2v) is 10.7. The second kappa shape index (κ2) is 12.1. The van der Waals surface area contributed by atoms with E-state index in [2.05, 4.69) is 10.6 Å². The van der Waals surface area contributed by atoms with Gasteiger partial charge in [-0.2, -0.15) is 0 Å². The van der Waals surface area contributed by atoms with E-state index in [-0.39, 0.29) is 23.2 Å². The second-order valence-electron chi connectivity index (χ2n) is 10.7.